The van der Waals surface area contributed by atoms with Crippen LogP contribution in [0.25, 0.3) is 0 Å². The topological polar surface area (TPSA) is 31.4 Å². The van der Waals surface area contributed by atoms with Crippen LogP contribution in [0.4, 0.5) is 0 Å². The van der Waals surface area contributed by atoms with Gasteiger partial charge in [0.05, 0.1) is 18.0 Å². The van der Waals surface area contributed by atoms with Crippen molar-refractivity contribution in [1.29, 1.82) is 0 Å². The Balaban J connectivity index is 1.66. The molecule has 2 aromatic carbocycles. The molecule has 3 nitrogen and oxygen atoms in total. The summed E-state index contributed by atoms with van der Waals surface area (Å²) in [6, 6.07) is 21.0. The Bertz CT molecular complexity index is 975. The van der Waals surface area contributed by atoms with Crippen LogP contribution in [-0.4, -0.2) is 10.8 Å². The van der Waals surface area contributed by atoms with Gasteiger partial charge in [0.15, 0.2) is 0 Å². The van der Waals surface area contributed by atoms with Crippen LogP contribution in [0.3, 0.4) is 0 Å². The third-order valence-corrected chi connectivity index (χ3v) is 6.84. The Labute approximate surface area is 181 Å². The van der Waals surface area contributed by atoms with Gasteiger partial charge in [-0.05, 0) is 36.8 Å². The molecule has 0 saturated heterocycles. The fourth-order valence-electron chi connectivity index (χ4n) is 3.29. The zero-order valence-electron chi connectivity index (χ0n) is 17.0. The van der Waals surface area contributed by atoms with E-state index in [1.54, 1.807) is 0 Å². The highest BCUT2D eigenvalue weighted by Gasteiger charge is 2.31. The molecule has 0 N–H and O–H groups in total. The maximum absolute atomic E-state index is 6.16. The molecular weight excluding hydrogens is 398 g/mol. The van der Waals surface area contributed by atoms with Crippen molar-refractivity contribution >= 4 is 23.5 Å². The Morgan fingerprint density at radius 1 is 0.897 bits per heavy atom. The molecule has 0 spiro atoms. The van der Waals surface area contributed by atoms with Gasteiger partial charge in [0.2, 0.25) is 5.79 Å². The monoisotopic (exact) mass is 423 g/mol. The van der Waals surface area contributed by atoms with Crippen molar-refractivity contribution in [3.05, 3.63) is 83.2 Å². The average Bonchev–Trinajstić information content (AvgIpc) is 2.73. The SMILES string of the molecule is Cc1nc(CSc2ccccc2)c(CSc2ccccc2)c2c1OC(C)(C)OC2. The number of hydrogen-bond acceptors (Lipinski definition) is 5. The largest absolute Gasteiger partial charge is 0.461 e. The molecule has 29 heavy (non-hydrogen) atoms. The Kier molecular flexibility index (Phi) is 6.18. The number of aromatic nitrogens is 1. The Morgan fingerprint density at radius 3 is 2.10 bits per heavy atom. The van der Waals surface area contributed by atoms with Gasteiger partial charge in [0.25, 0.3) is 0 Å². The van der Waals surface area contributed by atoms with Crippen molar-refractivity contribution in [2.24, 2.45) is 0 Å². The van der Waals surface area contributed by atoms with Crippen LogP contribution >= 0.6 is 23.5 Å². The number of hydrogen-bond donors (Lipinski definition) is 0. The number of pyridine rings is 1. The third-order valence-electron chi connectivity index (χ3n) is 4.78. The lowest BCUT2D eigenvalue weighted by Crippen LogP contribution is -2.36. The third kappa shape index (κ3) is 4.97. The Morgan fingerprint density at radius 2 is 1.48 bits per heavy atom. The predicted octanol–water partition coefficient (Wildman–Crippen LogP) is 6.62. The van der Waals surface area contributed by atoms with E-state index < -0.39 is 5.79 Å². The van der Waals surface area contributed by atoms with E-state index in [-0.39, 0.29) is 0 Å². The summed E-state index contributed by atoms with van der Waals surface area (Å²) in [7, 11) is 0. The molecule has 0 atom stereocenters. The van der Waals surface area contributed by atoms with E-state index in [0.29, 0.717) is 6.61 Å². The second-order valence-electron chi connectivity index (χ2n) is 7.42. The lowest BCUT2D eigenvalue weighted by atomic mass is 10.0. The number of thioether (sulfide) groups is 2. The standard InChI is InChI=1S/C24H25NO2S2/c1-17-23-20(14-26-24(2,3)27-23)21(15-28-18-10-6-4-7-11-18)22(25-17)16-29-19-12-8-5-9-13-19/h4-13H,14-16H2,1-3H3. The molecule has 150 valence electrons. The van der Waals surface area contributed by atoms with Crippen LogP contribution in [0.1, 0.15) is 36.4 Å². The van der Waals surface area contributed by atoms with Crippen LogP contribution in [0, 0.1) is 6.92 Å². The van der Waals surface area contributed by atoms with Gasteiger partial charge in [-0.1, -0.05) is 36.4 Å². The van der Waals surface area contributed by atoms with Gasteiger partial charge in [-0.15, -0.1) is 23.5 Å². The molecule has 2 heterocycles. The van der Waals surface area contributed by atoms with Crippen molar-refractivity contribution in [2.45, 2.75) is 54.5 Å². The maximum Gasteiger partial charge on any atom is 0.205 e. The second-order valence-corrected chi connectivity index (χ2v) is 9.52. The predicted molar refractivity (Wildman–Crippen MR) is 120 cm³/mol. The van der Waals surface area contributed by atoms with Crippen molar-refractivity contribution < 1.29 is 9.47 Å². The van der Waals surface area contributed by atoms with Crippen LogP contribution in [-0.2, 0) is 22.8 Å². The highest BCUT2D eigenvalue weighted by molar-refractivity contribution is 7.99. The van der Waals surface area contributed by atoms with E-state index in [1.807, 2.05) is 56.4 Å². The molecule has 0 saturated carbocycles. The summed E-state index contributed by atoms with van der Waals surface area (Å²) < 4.78 is 12.2. The molecule has 0 unspecified atom stereocenters. The molecule has 1 aliphatic rings. The fraction of sp³-hybridized carbons (Fsp3) is 0.292. The zero-order valence-corrected chi connectivity index (χ0v) is 18.6. The minimum absolute atomic E-state index is 0.555. The van der Waals surface area contributed by atoms with E-state index in [0.717, 1.165) is 34.2 Å². The second kappa shape index (κ2) is 8.82. The first-order valence-electron chi connectivity index (χ1n) is 9.72. The average molecular weight is 424 g/mol. The van der Waals surface area contributed by atoms with Gasteiger partial charge in [0, 0.05) is 40.7 Å². The van der Waals surface area contributed by atoms with Crippen molar-refractivity contribution in [3.8, 4) is 5.75 Å². The number of fused-ring (bicyclic) bond motifs is 1. The number of benzene rings is 2. The number of nitrogens with zero attached hydrogens (tertiary/aromatic N) is 1. The first-order chi connectivity index (χ1) is 14.0. The van der Waals surface area contributed by atoms with E-state index >= 15 is 0 Å². The van der Waals surface area contributed by atoms with Crippen LogP contribution in [0.15, 0.2) is 70.5 Å². The molecular formula is C24H25NO2S2. The number of rotatable bonds is 6. The van der Waals surface area contributed by atoms with Crippen molar-refractivity contribution in [3.63, 3.8) is 0 Å². The molecule has 4 rings (SSSR count). The molecule has 0 amide bonds. The van der Waals surface area contributed by atoms with E-state index in [1.165, 1.54) is 15.4 Å². The quantitative estimate of drug-likeness (QED) is 0.416. The van der Waals surface area contributed by atoms with Gasteiger partial charge < -0.3 is 9.47 Å². The first-order valence-corrected chi connectivity index (χ1v) is 11.7. The molecule has 1 aliphatic heterocycles. The summed E-state index contributed by atoms with van der Waals surface area (Å²) >= 11 is 3.64. The highest BCUT2D eigenvalue weighted by Crippen LogP contribution is 2.40. The first kappa shape index (κ1) is 20.3. The highest BCUT2D eigenvalue weighted by atomic mass is 32.2. The molecule has 0 fully saturated rings. The van der Waals surface area contributed by atoms with E-state index in [9.17, 15) is 0 Å². The molecule has 0 bridgehead atoms. The van der Waals surface area contributed by atoms with Gasteiger partial charge in [0.1, 0.15) is 5.75 Å². The van der Waals surface area contributed by atoms with E-state index in [2.05, 4.69) is 48.5 Å². The molecule has 0 aliphatic carbocycles. The summed E-state index contributed by atoms with van der Waals surface area (Å²) in [5, 5.41) is 0. The number of ether oxygens (including phenoxy) is 2. The summed E-state index contributed by atoms with van der Waals surface area (Å²) in [5.74, 6) is 1.94. The normalized spacial score (nSPS) is 14.9. The van der Waals surface area contributed by atoms with Gasteiger partial charge in [-0.25, -0.2) is 0 Å². The van der Waals surface area contributed by atoms with Gasteiger partial charge in [-0.3, -0.25) is 4.98 Å². The van der Waals surface area contributed by atoms with Crippen LogP contribution < -0.4 is 4.74 Å². The summed E-state index contributed by atoms with van der Waals surface area (Å²) in [4.78, 5) is 7.47. The van der Waals surface area contributed by atoms with Gasteiger partial charge in [-0.2, -0.15) is 0 Å². The van der Waals surface area contributed by atoms with Gasteiger partial charge >= 0.3 is 0 Å². The maximum atomic E-state index is 6.16. The van der Waals surface area contributed by atoms with E-state index in [4.69, 9.17) is 14.5 Å². The zero-order chi connectivity index (χ0) is 20.3. The smallest absolute Gasteiger partial charge is 0.205 e. The molecule has 5 heteroatoms. The summed E-state index contributed by atoms with van der Waals surface area (Å²) in [6.45, 7) is 6.49. The van der Waals surface area contributed by atoms with Crippen LogP contribution in [0.5, 0.6) is 5.75 Å². The summed E-state index contributed by atoms with van der Waals surface area (Å²) in [6.07, 6.45) is 0. The van der Waals surface area contributed by atoms with Crippen molar-refractivity contribution in [1.82, 2.24) is 4.98 Å². The van der Waals surface area contributed by atoms with Crippen molar-refractivity contribution in [2.75, 3.05) is 0 Å². The summed E-state index contributed by atoms with van der Waals surface area (Å²) in [5.41, 5.74) is 4.43. The Hall–Kier alpha value is -1.95. The molecule has 3 aromatic rings. The molecule has 1 aromatic heterocycles. The minimum Gasteiger partial charge on any atom is -0.461 e. The lowest BCUT2D eigenvalue weighted by Gasteiger charge is -2.34. The molecule has 0 radical (unpaired) electrons. The fourth-order valence-corrected chi connectivity index (χ4v) is 5.18. The number of aryl methyl sites for hydroxylation is 1. The van der Waals surface area contributed by atoms with Crippen LogP contribution in [0.2, 0.25) is 0 Å². The lowest BCUT2D eigenvalue weighted by molar-refractivity contribution is -0.180. The minimum atomic E-state index is -0.621.